The quantitative estimate of drug-likeness (QED) is 0.391. The summed E-state index contributed by atoms with van der Waals surface area (Å²) in [5.41, 5.74) is 5.13. The number of ether oxygens (including phenoxy) is 1. The minimum Gasteiger partial charge on any atom is -0.488 e. The van der Waals surface area contributed by atoms with E-state index in [1.165, 1.54) is 29.4 Å². The van der Waals surface area contributed by atoms with Crippen molar-refractivity contribution in [3.05, 3.63) is 77.5 Å². The van der Waals surface area contributed by atoms with Crippen LogP contribution in [0.2, 0.25) is 0 Å². The first-order valence-corrected chi connectivity index (χ1v) is 10.9. The molecule has 0 aliphatic rings. The molecule has 0 bridgehead atoms. The van der Waals surface area contributed by atoms with Crippen molar-refractivity contribution in [1.29, 1.82) is 0 Å². The number of nitrogens with zero attached hydrogens (tertiary/aromatic N) is 3. The number of para-hydroxylation sites is 1. The predicted molar refractivity (Wildman–Crippen MR) is 127 cm³/mol. The average Bonchev–Trinajstić information content (AvgIpc) is 3.20. The zero-order valence-corrected chi connectivity index (χ0v) is 18.9. The van der Waals surface area contributed by atoms with Gasteiger partial charge >= 0.3 is 0 Å². The highest BCUT2D eigenvalue weighted by atomic mass is 32.1. The number of anilines is 3. The fourth-order valence-electron chi connectivity index (χ4n) is 3.30. The van der Waals surface area contributed by atoms with Crippen molar-refractivity contribution in [3.63, 3.8) is 0 Å². The van der Waals surface area contributed by atoms with Crippen LogP contribution in [0.5, 0.6) is 5.75 Å². The zero-order valence-electron chi connectivity index (χ0n) is 18.0. The molecule has 2 aromatic heterocycles. The molecule has 0 saturated carbocycles. The van der Waals surface area contributed by atoms with Gasteiger partial charge < -0.3 is 15.4 Å². The third kappa shape index (κ3) is 5.47. The van der Waals surface area contributed by atoms with Gasteiger partial charge in [0.05, 0.1) is 5.56 Å². The number of amides is 1. The number of pyridine rings is 1. The Labute approximate surface area is 190 Å². The maximum Gasteiger partial charge on any atom is 0.222 e. The van der Waals surface area contributed by atoms with Gasteiger partial charge in [-0.2, -0.15) is 0 Å². The first-order chi connectivity index (χ1) is 15.5. The molecule has 0 fully saturated rings. The highest BCUT2D eigenvalue weighted by molar-refractivity contribution is 7.18. The molecular weight excluding hydrogens is 422 g/mol. The summed E-state index contributed by atoms with van der Waals surface area (Å²) in [4.78, 5) is 15.4. The second kappa shape index (κ2) is 9.57. The lowest BCUT2D eigenvalue weighted by Crippen LogP contribution is -2.08. The van der Waals surface area contributed by atoms with E-state index in [9.17, 15) is 4.79 Å². The van der Waals surface area contributed by atoms with Crippen molar-refractivity contribution in [2.45, 2.75) is 27.4 Å². The minimum absolute atomic E-state index is 0.164. The normalized spacial score (nSPS) is 10.6. The Bertz CT molecular complexity index is 1230. The van der Waals surface area contributed by atoms with Gasteiger partial charge in [-0.1, -0.05) is 29.5 Å². The number of rotatable bonds is 7. The van der Waals surface area contributed by atoms with E-state index in [1.54, 1.807) is 12.3 Å². The second-order valence-electron chi connectivity index (χ2n) is 7.43. The van der Waals surface area contributed by atoms with Crippen LogP contribution in [0, 0.1) is 13.8 Å². The SMILES string of the molecule is CC(=O)Nc1cc(COc2ccccc2-c2nnc(Nc3cc(C)cc(C)c3)s2)ccn1. The van der Waals surface area contributed by atoms with E-state index in [4.69, 9.17) is 4.74 Å². The van der Waals surface area contributed by atoms with Crippen molar-refractivity contribution in [2.24, 2.45) is 0 Å². The summed E-state index contributed by atoms with van der Waals surface area (Å²) in [5.74, 6) is 1.04. The van der Waals surface area contributed by atoms with E-state index in [0.717, 1.165) is 21.8 Å². The topological polar surface area (TPSA) is 89.0 Å². The molecule has 0 atom stereocenters. The smallest absolute Gasteiger partial charge is 0.222 e. The molecule has 8 heteroatoms. The highest BCUT2D eigenvalue weighted by Gasteiger charge is 2.13. The fraction of sp³-hybridized carbons (Fsp3) is 0.167. The number of carbonyl (C=O) groups is 1. The molecule has 2 N–H and O–H groups in total. The zero-order chi connectivity index (χ0) is 22.5. The molecule has 0 radical (unpaired) electrons. The number of hydrogen-bond acceptors (Lipinski definition) is 7. The molecule has 2 heterocycles. The van der Waals surface area contributed by atoms with Crippen LogP contribution in [0.1, 0.15) is 23.6 Å². The van der Waals surface area contributed by atoms with Crippen molar-refractivity contribution in [1.82, 2.24) is 15.2 Å². The minimum atomic E-state index is -0.164. The number of aromatic nitrogens is 3. The average molecular weight is 446 g/mol. The predicted octanol–water partition coefficient (Wildman–Crippen LogP) is 5.50. The lowest BCUT2D eigenvalue weighted by molar-refractivity contribution is -0.114. The van der Waals surface area contributed by atoms with Crippen LogP contribution >= 0.6 is 11.3 Å². The van der Waals surface area contributed by atoms with Crippen LogP contribution in [-0.4, -0.2) is 21.1 Å². The van der Waals surface area contributed by atoms with Gasteiger partial charge in [-0.25, -0.2) is 4.98 Å². The van der Waals surface area contributed by atoms with Crippen LogP contribution in [0.25, 0.3) is 10.6 Å². The van der Waals surface area contributed by atoms with Gasteiger partial charge in [0, 0.05) is 18.8 Å². The van der Waals surface area contributed by atoms with Crippen molar-refractivity contribution in [2.75, 3.05) is 10.6 Å². The van der Waals surface area contributed by atoms with Crippen LogP contribution in [0.3, 0.4) is 0 Å². The molecule has 0 saturated heterocycles. The van der Waals surface area contributed by atoms with Crippen molar-refractivity contribution >= 4 is 33.9 Å². The Morgan fingerprint density at radius 1 is 1.03 bits per heavy atom. The number of benzene rings is 2. The van der Waals surface area contributed by atoms with Crippen LogP contribution in [0.4, 0.5) is 16.6 Å². The lowest BCUT2D eigenvalue weighted by Gasteiger charge is -2.10. The van der Waals surface area contributed by atoms with Crippen LogP contribution < -0.4 is 15.4 Å². The van der Waals surface area contributed by atoms with E-state index < -0.39 is 0 Å². The molecule has 1 amide bonds. The van der Waals surface area contributed by atoms with Crippen LogP contribution in [-0.2, 0) is 11.4 Å². The van der Waals surface area contributed by atoms with E-state index in [0.29, 0.717) is 23.3 Å². The largest absolute Gasteiger partial charge is 0.488 e. The van der Waals surface area contributed by atoms with Gasteiger partial charge in [0.15, 0.2) is 5.01 Å². The van der Waals surface area contributed by atoms with E-state index >= 15 is 0 Å². The van der Waals surface area contributed by atoms with Gasteiger partial charge in [0.1, 0.15) is 18.2 Å². The Hall–Kier alpha value is -3.78. The van der Waals surface area contributed by atoms with Gasteiger partial charge in [0.25, 0.3) is 0 Å². The molecule has 4 aromatic rings. The summed E-state index contributed by atoms with van der Waals surface area (Å²) in [5, 5.41) is 16.2. The maximum absolute atomic E-state index is 11.3. The Balaban J connectivity index is 1.50. The number of aryl methyl sites for hydroxylation is 2. The molecule has 32 heavy (non-hydrogen) atoms. The highest BCUT2D eigenvalue weighted by Crippen LogP contribution is 2.35. The third-order valence-corrected chi connectivity index (χ3v) is 5.41. The second-order valence-corrected chi connectivity index (χ2v) is 8.41. The molecule has 4 rings (SSSR count). The number of hydrogen-bond donors (Lipinski definition) is 2. The van der Waals surface area contributed by atoms with E-state index in [-0.39, 0.29) is 5.91 Å². The molecule has 0 spiro atoms. The number of nitrogens with one attached hydrogen (secondary N) is 2. The summed E-state index contributed by atoms with van der Waals surface area (Å²) in [6.07, 6.45) is 1.64. The third-order valence-electron chi connectivity index (χ3n) is 4.54. The van der Waals surface area contributed by atoms with Crippen LogP contribution in [0.15, 0.2) is 60.8 Å². The molecule has 162 valence electrons. The first kappa shape index (κ1) is 21.5. The summed E-state index contributed by atoms with van der Waals surface area (Å²) in [7, 11) is 0. The summed E-state index contributed by atoms with van der Waals surface area (Å²) < 4.78 is 6.07. The summed E-state index contributed by atoms with van der Waals surface area (Å²) in [6, 6.07) is 17.7. The standard InChI is InChI=1S/C24H23N5O2S/c1-15-10-16(2)12-19(11-15)27-24-29-28-23(32-24)20-6-4-5-7-21(20)31-14-18-8-9-25-22(13-18)26-17(3)30/h4-13H,14H2,1-3H3,(H,27,29)(H,25,26,30). The maximum atomic E-state index is 11.3. The Morgan fingerprint density at radius 3 is 2.59 bits per heavy atom. The fourth-order valence-corrected chi connectivity index (χ4v) is 4.09. The van der Waals surface area contributed by atoms with Gasteiger partial charge in [-0.3, -0.25) is 4.79 Å². The van der Waals surface area contributed by atoms with Gasteiger partial charge in [-0.05, 0) is 66.9 Å². The number of carbonyl (C=O) groups excluding carboxylic acids is 1. The van der Waals surface area contributed by atoms with Crippen molar-refractivity contribution < 1.29 is 9.53 Å². The molecule has 2 aromatic carbocycles. The van der Waals surface area contributed by atoms with Gasteiger partial charge in [-0.15, -0.1) is 10.2 Å². The summed E-state index contributed by atoms with van der Waals surface area (Å²) in [6.45, 7) is 5.92. The monoisotopic (exact) mass is 445 g/mol. The summed E-state index contributed by atoms with van der Waals surface area (Å²) >= 11 is 1.47. The molecule has 7 nitrogen and oxygen atoms in total. The molecule has 0 aliphatic carbocycles. The van der Waals surface area contributed by atoms with Crippen molar-refractivity contribution in [3.8, 4) is 16.3 Å². The molecule has 0 unspecified atom stereocenters. The first-order valence-electron chi connectivity index (χ1n) is 10.1. The Kier molecular flexibility index (Phi) is 6.42. The molecule has 0 aliphatic heterocycles. The Morgan fingerprint density at radius 2 is 1.81 bits per heavy atom. The van der Waals surface area contributed by atoms with Gasteiger partial charge in [0.2, 0.25) is 11.0 Å². The van der Waals surface area contributed by atoms with E-state index in [2.05, 4.69) is 57.9 Å². The van der Waals surface area contributed by atoms with E-state index in [1.807, 2.05) is 30.3 Å². The lowest BCUT2D eigenvalue weighted by atomic mass is 10.1. The molecular formula is C24H23N5O2S.